The summed E-state index contributed by atoms with van der Waals surface area (Å²) < 4.78 is 0. The number of nitrogens with one attached hydrogen (secondary N) is 2. The molecule has 1 saturated carbocycles. The van der Waals surface area contributed by atoms with Gasteiger partial charge < -0.3 is 10.6 Å². The highest BCUT2D eigenvalue weighted by atomic mass is 16.2. The molecule has 2 aliphatic rings. The van der Waals surface area contributed by atoms with Crippen molar-refractivity contribution in [1.29, 1.82) is 0 Å². The number of rotatable bonds is 3. The zero-order chi connectivity index (χ0) is 12.3. The Kier molecular flexibility index (Phi) is 4.43. The van der Waals surface area contributed by atoms with Crippen LogP contribution in [0.15, 0.2) is 0 Å². The van der Waals surface area contributed by atoms with Gasteiger partial charge in [0.2, 0.25) is 5.91 Å². The Morgan fingerprint density at radius 2 is 2.06 bits per heavy atom. The Bertz CT molecular complexity index is 261. The second-order valence-corrected chi connectivity index (χ2v) is 5.87. The van der Waals surface area contributed by atoms with Crippen molar-refractivity contribution in [3.05, 3.63) is 0 Å². The first-order valence-electron chi connectivity index (χ1n) is 7.22. The average Bonchev–Trinajstić information content (AvgIpc) is 2.76. The average molecular weight is 238 g/mol. The minimum atomic E-state index is 0.265. The zero-order valence-electron chi connectivity index (χ0n) is 11.2. The molecule has 0 bridgehead atoms. The molecule has 0 radical (unpaired) electrons. The molecule has 3 heteroatoms. The molecule has 1 amide bonds. The number of hydrogen-bond acceptors (Lipinski definition) is 2. The molecule has 0 aromatic heterocycles. The van der Waals surface area contributed by atoms with Crippen molar-refractivity contribution in [2.45, 2.75) is 64.5 Å². The lowest BCUT2D eigenvalue weighted by Gasteiger charge is -2.30. The maximum atomic E-state index is 12.2. The van der Waals surface area contributed by atoms with Gasteiger partial charge in [0.25, 0.3) is 0 Å². The van der Waals surface area contributed by atoms with Gasteiger partial charge in [-0.25, -0.2) is 0 Å². The van der Waals surface area contributed by atoms with Crippen LogP contribution in [0.3, 0.4) is 0 Å². The minimum Gasteiger partial charge on any atom is -0.352 e. The standard InChI is InChI=1S/C14H26N2O/c1-10-6-5-7-12(10)14(17)16-11(2)13-8-3-4-9-15-13/h10-13,15H,3-9H2,1-2H3,(H,16,17). The summed E-state index contributed by atoms with van der Waals surface area (Å²) in [4.78, 5) is 12.2. The second-order valence-electron chi connectivity index (χ2n) is 5.87. The summed E-state index contributed by atoms with van der Waals surface area (Å²) in [6.07, 6.45) is 7.28. The molecule has 1 aliphatic heterocycles. The maximum absolute atomic E-state index is 12.2. The summed E-state index contributed by atoms with van der Waals surface area (Å²) in [6, 6.07) is 0.750. The van der Waals surface area contributed by atoms with Gasteiger partial charge in [0.15, 0.2) is 0 Å². The van der Waals surface area contributed by atoms with E-state index in [2.05, 4.69) is 24.5 Å². The van der Waals surface area contributed by atoms with Gasteiger partial charge in [-0.2, -0.15) is 0 Å². The van der Waals surface area contributed by atoms with Crippen molar-refractivity contribution in [3.63, 3.8) is 0 Å². The quantitative estimate of drug-likeness (QED) is 0.790. The van der Waals surface area contributed by atoms with Crippen LogP contribution in [0.2, 0.25) is 0 Å². The topological polar surface area (TPSA) is 41.1 Å². The van der Waals surface area contributed by atoms with Crippen LogP contribution >= 0.6 is 0 Å². The first-order chi connectivity index (χ1) is 8.18. The van der Waals surface area contributed by atoms with Crippen LogP contribution in [0.25, 0.3) is 0 Å². The Morgan fingerprint density at radius 1 is 1.24 bits per heavy atom. The van der Waals surface area contributed by atoms with E-state index in [1.54, 1.807) is 0 Å². The Balaban J connectivity index is 1.80. The number of carbonyl (C=O) groups is 1. The van der Waals surface area contributed by atoms with Gasteiger partial charge in [0.05, 0.1) is 0 Å². The molecule has 1 aliphatic carbocycles. The highest BCUT2D eigenvalue weighted by Crippen LogP contribution is 2.31. The van der Waals surface area contributed by atoms with Gasteiger partial charge in [-0.15, -0.1) is 0 Å². The van der Waals surface area contributed by atoms with E-state index >= 15 is 0 Å². The fourth-order valence-corrected chi connectivity index (χ4v) is 3.27. The summed E-state index contributed by atoms with van der Waals surface area (Å²) in [5.74, 6) is 1.12. The lowest BCUT2D eigenvalue weighted by atomic mass is 9.95. The van der Waals surface area contributed by atoms with E-state index in [1.165, 1.54) is 32.1 Å². The third kappa shape index (κ3) is 3.21. The Hall–Kier alpha value is -0.570. The predicted octanol–water partition coefficient (Wildman–Crippen LogP) is 2.07. The SMILES string of the molecule is CC1CCCC1C(=O)NC(C)C1CCCCN1. The minimum absolute atomic E-state index is 0.265. The van der Waals surface area contributed by atoms with Gasteiger partial charge >= 0.3 is 0 Å². The molecule has 98 valence electrons. The summed E-state index contributed by atoms with van der Waals surface area (Å²) in [7, 11) is 0. The Morgan fingerprint density at radius 3 is 2.65 bits per heavy atom. The van der Waals surface area contributed by atoms with Crippen LogP contribution < -0.4 is 10.6 Å². The molecule has 3 nitrogen and oxygen atoms in total. The van der Waals surface area contributed by atoms with E-state index < -0.39 is 0 Å². The molecule has 0 aromatic rings. The summed E-state index contributed by atoms with van der Waals surface area (Å²) in [5.41, 5.74) is 0. The van der Waals surface area contributed by atoms with Crippen LogP contribution in [0.4, 0.5) is 0 Å². The third-order valence-electron chi connectivity index (χ3n) is 4.52. The summed E-state index contributed by atoms with van der Waals surface area (Å²) in [5, 5.41) is 6.73. The normalized spacial score (nSPS) is 35.5. The van der Waals surface area contributed by atoms with Crippen molar-refractivity contribution >= 4 is 5.91 Å². The molecule has 1 heterocycles. The van der Waals surface area contributed by atoms with Crippen molar-refractivity contribution < 1.29 is 4.79 Å². The van der Waals surface area contributed by atoms with E-state index in [0.717, 1.165) is 13.0 Å². The van der Waals surface area contributed by atoms with E-state index in [4.69, 9.17) is 0 Å². The molecule has 2 rings (SSSR count). The summed E-state index contributed by atoms with van der Waals surface area (Å²) in [6.45, 7) is 5.45. The van der Waals surface area contributed by atoms with Crippen LogP contribution in [0.1, 0.15) is 52.4 Å². The zero-order valence-corrected chi connectivity index (χ0v) is 11.2. The summed E-state index contributed by atoms with van der Waals surface area (Å²) >= 11 is 0. The molecular formula is C14H26N2O. The Labute approximate surface area is 105 Å². The molecule has 0 spiro atoms. The molecule has 0 aromatic carbocycles. The van der Waals surface area contributed by atoms with E-state index in [9.17, 15) is 4.79 Å². The molecule has 4 atom stereocenters. The maximum Gasteiger partial charge on any atom is 0.223 e. The largest absolute Gasteiger partial charge is 0.352 e. The molecule has 2 fully saturated rings. The van der Waals surface area contributed by atoms with Crippen LogP contribution in [0.5, 0.6) is 0 Å². The monoisotopic (exact) mass is 238 g/mol. The first-order valence-corrected chi connectivity index (χ1v) is 7.22. The number of amides is 1. The fraction of sp³-hybridized carbons (Fsp3) is 0.929. The smallest absolute Gasteiger partial charge is 0.223 e. The van der Waals surface area contributed by atoms with Gasteiger partial charge in [-0.1, -0.05) is 19.8 Å². The van der Waals surface area contributed by atoms with Crippen LogP contribution in [-0.2, 0) is 4.79 Å². The lowest BCUT2D eigenvalue weighted by molar-refractivity contribution is -0.126. The first kappa shape index (κ1) is 12.9. The fourth-order valence-electron chi connectivity index (χ4n) is 3.27. The molecule has 4 unspecified atom stereocenters. The molecule has 1 saturated heterocycles. The second kappa shape index (κ2) is 5.85. The van der Waals surface area contributed by atoms with Crippen molar-refractivity contribution in [2.75, 3.05) is 6.54 Å². The van der Waals surface area contributed by atoms with E-state index in [-0.39, 0.29) is 17.9 Å². The molecular weight excluding hydrogens is 212 g/mol. The van der Waals surface area contributed by atoms with Crippen LogP contribution in [0, 0.1) is 11.8 Å². The number of piperidine rings is 1. The van der Waals surface area contributed by atoms with E-state index in [0.29, 0.717) is 12.0 Å². The number of hydrogen-bond donors (Lipinski definition) is 2. The predicted molar refractivity (Wildman–Crippen MR) is 69.8 cm³/mol. The third-order valence-corrected chi connectivity index (χ3v) is 4.52. The lowest BCUT2D eigenvalue weighted by Crippen LogP contribution is -2.51. The van der Waals surface area contributed by atoms with Crippen molar-refractivity contribution in [1.82, 2.24) is 10.6 Å². The van der Waals surface area contributed by atoms with Gasteiger partial charge in [0.1, 0.15) is 0 Å². The molecule has 17 heavy (non-hydrogen) atoms. The van der Waals surface area contributed by atoms with Gasteiger partial charge in [-0.3, -0.25) is 4.79 Å². The highest BCUT2D eigenvalue weighted by Gasteiger charge is 2.31. The highest BCUT2D eigenvalue weighted by molar-refractivity contribution is 5.79. The van der Waals surface area contributed by atoms with Crippen molar-refractivity contribution in [3.8, 4) is 0 Å². The van der Waals surface area contributed by atoms with Crippen molar-refractivity contribution in [2.24, 2.45) is 11.8 Å². The molecule has 2 N–H and O–H groups in total. The van der Waals surface area contributed by atoms with Gasteiger partial charge in [0, 0.05) is 18.0 Å². The number of carbonyl (C=O) groups excluding carboxylic acids is 1. The van der Waals surface area contributed by atoms with Gasteiger partial charge in [-0.05, 0) is 45.1 Å². The van der Waals surface area contributed by atoms with E-state index in [1.807, 2.05) is 0 Å². The van der Waals surface area contributed by atoms with Crippen LogP contribution in [-0.4, -0.2) is 24.5 Å².